The van der Waals surface area contributed by atoms with Crippen LogP contribution in [0, 0.1) is 16.0 Å². The Morgan fingerprint density at radius 2 is 2.00 bits per heavy atom. The van der Waals surface area contributed by atoms with Gasteiger partial charge in [0.2, 0.25) is 0 Å². The molecule has 1 aromatic rings. The van der Waals surface area contributed by atoms with Crippen molar-refractivity contribution in [2.45, 2.75) is 31.8 Å². The van der Waals surface area contributed by atoms with Crippen LogP contribution in [0.25, 0.3) is 0 Å². The van der Waals surface area contributed by atoms with Gasteiger partial charge in [0.25, 0.3) is 5.69 Å². The number of nitrogens with one attached hydrogen (secondary N) is 1. The maximum Gasteiger partial charge on any atom is 0.321 e. The van der Waals surface area contributed by atoms with Crippen LogP contribution in [0.4, 0.5) is 16.2 Å². The number of anilines is 1. The summed E-state index contributed by atoms with van der Waals surface area (Å²) in [4.78, 5) is 23.8. The Kier molecular flexibility index (Phi) is 5.32. The zero-order valence-corrected chi connectivity index (χ0v) is 12.6. The van der Waals surface area contributed by atoms with Crippen LogP contribution in [0.2, 0.25) is 0 Å². The molecule has 0 aromatic heterocycles. The number of carbonyl (C=O) groups excluding carboxylic acids is 1. The van der Waals surface area contributed by atoms with E-state index in [2.05, 4.69) is 5.32 Å². The number of non-ortho nitro benzene ring substituents is 1. The molecule has 1 aliphatic rings. The molecule has 1 aromatic carbocycles. The molecule has 22 heavy (non-hydrogen) atoms. The van der Waals surface area contributed by atoms with Gasteiger partial charge in [0, 0.05) is 37.3 Å². The average molecular weight is 307 g/mol. The van der Waals surface area contributed by atoms with E-state index < -0.39 is 4.92 Å². The van der Waals surface area contributed by atoms with Crippen LogP contribution in [0.5, 0.6) is 0 Å². The summed E-state index contributed by atoms with van der Waals surface area (Å²) in [5, 5.41) is 23.2. The van der Waals surface area contributed by atoms with Crippen LogP contribution >= 0.6 is 0 Å². The van der Waals surface area contributed by atoms with Crippen LogP contribution in [-0.4, -0.2) is 40.7 Å². The molecule has 0 spiro atoms. The monoisotopic (exact) mass is 307 g/mol. The first-order valence-electron chi connectivity index (χ1n) is 7.42. The minimum Gasteiger partial charge on any atom is -0.393 e. The van der Waals surface area contributed by atoms with E-state index in [0.717, 1.165) is 25.7 Å². The Bertz CT molecular complexity index is 532. The molecule has 0 heterocycles. The van der Waals surface area contributed by atoms with Gasteiger partial charge in [-0.25, -0.2) is 4.79 Å². The molecule has 2 rings (SSSR count). The van der Waals surface area contributed by atoms with Gasteiger partial charge < -0.3 is 15.3 Å². The van der Waals surface area contributed by atoms with E-state index >= 15 is 0 Å². The molecule has 0 radical (unpaired) electrons. The summed E-state index contributed by atoms with van der Waals surface area (Å²) < 4.78 is 0. The highest BCUT2D eigenvalue weighted by Crippen LogP contribution is 2.25. The molecule has 0 saturated heterocycles. The molecule has 2 amide bonds. The van der Waals surface area contributed by atoms with Crippen molar-refractivity contribution in [2.24, 2.45) is 5.92 Å². The normalized spacial score (nSPS) is 21.2. The number of amides is 2. The highest BCUT2D eigenvalue weighted by molar-refractivity contribution is 5.89. The molecule has 2 unspecified atom stereocenters. The van der Waals surface area contributed by atoms with Crippen LogP contribution < -0.4 is 5.32 Å². The average Bonchev–Trinajstić information content (AvgIpc) is 2.50. The van der Waals surface area contributed by atoms with E-state index in [1.807, 2.05) is 0 Å². The van der Waals surface area contributed by atoms with Crippen molar-refractivity contribution in [3.8, 4) is 0 Å². The Hall–Kier alpha value is -2.15. The summed E-state index contributed by atoms with van der Waals surface area (Å²) in [6, 6.07) is 5.41. The Labute approximate surface area is 129 Å². The molecular formula is C15H21N3O4. The van der Waals surface area contributed by atoms with Crippen LogP contribution in [0.3, 0.4) is 0 Å². The zero-order chi connectivity index (χ0) is 16.1. The van der Waals surface area contributed by atoms with Gasteiger partial charge in [-0.2, -0.15) is 0 Å². The fourth-order valence-corrected chi connectivity index (χ4v) is 2.72. The summed E-state index contributed by atoms with van der Waals surface area (Å²) in [5.74, 6) is 0.112. The number of carbonyl (C=O) groups is 1. The molecule has 7 heteroatoms. The molecule has 2 atom stereocenters. The predicted octanol–water partition coefficient (Wildman–Crippen LogP) is 2.61. The Morgan fingerprint density at radius 3 is 2.59 bits per heavy atom. The number of aliphatic hydroxyl groups excluding tert-OH is 1. The number of nitro benzene ring substituents is 1. The van der Waals surface area contributed by atoms with Crippen molar-refractivity contribution in [1.29, 1.82) is 0 Å². The van der Waals surface area contributed by atoms with Gasteiger partial charge in [-0.3, -0.25) is 10.1 Å². The van der Waals surface area contributed by atoms with E-state index in [1.165, 1.54) is 24.3 Å². The number of aliphatic hydroxyl groups is 1. The van der Waals surface area contributed by atoms with E-state index in [4.69, 9.17) is 0 Å². The van der Waals surface area contributed by atoms with Crippen molar-refractivity contribution in [3.05, 3.63) is 34.4 Å². The second-order valence-corrected chi connectivity index (χ2v) is 5.73. The van der Waals surface area contributed by atoms with Crippen molar-refractivity contribution >= 4 is 17.4 Å². The largest absolute Gasteiger partial charge is 0.393 e. The highest BCUT2D eigenvalue weighted by Gasteiger charge is 2.25. The molecule has 1 fully saturated rings. The van der Waals surface area contributed by atoms with Crippen LogP contribution in [-0.2, 0) is 0 Å². The third-order valence-electron chi connectivity index (χ3n) is 4.05. The first-order chi connectivity index (χ1) is 10.5. The summed E-state index contributed by atoms with van der Waals surface area (Å²) in [7, 11) is 1.68. The smallest absolute Gasteiger partial charge is 0.321 e. The number of nitrogens with zero attached hydrogens (tertiary/aromatic N) is 2. The van der Waals surface area contributed by atoms with Gasteiger partial charge in [0.05, 0.1) is 11.0 Å². The fourth-order valence-electron chi connectivity index (χ4n) is 2.72. The summed E-state index contributed by atoms with van der Waals surface area (Å²) >= 11 is 0. The van der Waals surface area contributed by atoms with Gasteiger partial charge in [0.15, 0.2) is 0 Å². The minimum absolute atomic E-state index is 0.0170. The summed E-state index contributed by atoms with van der Waals surface area (Å²) in [6.07, 6.45) is 3.50. The van der Waals surface area contributed by atoms with E-state index in [-0.39, 0.29) is 23.7 Å². The van der Waals surface area contributed by atoms with Gasteiger partial charge in [0.1, 0.15) is 0 Å². The molecule has 0 bridgehead atoms. The van der Waals surface area contributed by atoms with Crippen molar-refractivity contribution < 1.29 is 14.8 Å². The lowest BCUT2D eigenvalue weighted by Crippen LogP contribution is -2.40. The maximum atomic E-state index is 12.1. The van der Waals surface area contributed by atoms with Crippen molar-refractivity contribution in [2.75, 3.05) is 18.9 Å². The van der Waals surface area contributed by atoms with E-state index in [1.54, 1.807) is 11.9 Å². The highest BCUT2D eigenvalue weighted by atomic mass is 16.6. The zero-order valence-electron chi connectivity index (χ0n) is 12.6. The topological polar surface area (TPSA) is 95.7 Å². The van der Waals surface area contributed by atoms with Gasteiger partial charge in [-0.1, -0.05) is 12.8 Å². The molecule has 1 aliphatic carbocycles. The number of hydrogen-bond acceptors (Lipinski definition) is 4. The van der Waals surface area contributed by atoms with E-state index in [0.29, 0.717) is 12.2 Å². The van der Waals surface area contributed by atoms with Crippen molar-refractivity contribution in [1.82, 2.24) is 4.90 Å². The predicted molar refractivity (Wildman–Crippen MR) is 82.7 cm³/mol. The molecule has 2 N–H and O–H groups in total. The minimum atomic E-state index is -0.484. The third-order valence-corrected chi connectivity index (χ3v) is 4.05. The lowest BCUT2D eigenvalue weighted by molar-refractivity contribution is -0.384. The van der Waals surface area contributed by atoms with Gasteiger partial charge in [-0.15, -0.1) is 0 Å². The maximum absolute atomic E-state index is 12.1. The number of urea groups is 1. The first-order valence-corrected chi connectivity index (χ1v) is 7.42. The molecule has 120 valence electrons. The Morgan fingerprint density at radius 1 is 1.36 bits per heavy atom. The number of benzene rings is 1. The first kappa shape index (κ1) is 16.2. The van der Waals surface area contributed by atoms with Gasteiger partial charge in [-0.05, 0) is 25.0 Å². The number of nitro groups is 1. The quantitative estimate of drug-likeness (QED) is 0.660. The summed E-state index contributed by atoms with van der Waals surface area (Å²) in [5.41, 5.74) is 0.489. The van der Waals surface area contributed by atoms with Crippen molar-refractivity contribution in [3.63, 3.8) is 0 Å². The second kappa shape index (κ2) is 7.22. The number of rotatable bonds is 4. The Balaban J connectivity index is 1.89. The third kappa shape index (κ3) is 4.17. The second-order valence-electron chi connectivity index (χ2n) is 5.73. The summed E-state index contributed by atoms with van der Waals surface area (Å²) in [6.45, 7) is 0.500. The van der Waals surface area contributed by atoms with E-state index in [9.17, 15) is 20.0 Å². The number of hydrogen-bond donors (Lipinski definition) is 2. The lowest BCUT2D eigenvalue weighted by Gasteiger charge is -2.31. The molecule has 1 saturated carbocycles. The lowest BCUT2D eigenvalue weighted by atomic mass is 9.86. The van der Waals surface area contributed by atoms with Gasteiger partial charge >= 0.3 is 6.03 Å². The van der Waals surface area contributed by atoms with Crippen LogP contribution in [0.1, 0.15) is 25.7 Å². The molecule has 7 nitrogen and oxygen atoms in total. The fraction of sp³-hybridized carbons (Fsp3) is 0.533. The molecule has 0 aliphatic heterocycles. The van der Waals surface area contributed by atoms with Crippen LogP contribution in [0.15, 0.2) is 24.3 Å². The standard InChI is InChI=1S/C15H21N3O4/c1-17(10-11-4-2-3-5-14(11)19)15(20)16-12-6-8-13(9-7-12)18(21)22/h6-9,11,14,19H,2-5,10H2,1H3,(H,16,20). The SMILES string of the molecule is CN(CC1CCCCC1O)C(=O)Nc1ccc([N+](=O)[O-])cc1. The molecular weight excluding hydrogens is 286 g/mol.